The minimum Gasteiger partial charge on any atom is -0.439 e. The summed E-state index contributed by atoms with van der Waals surface area (Å²) in [5.74, 6) is 1.26. The van der Waals surface area contributed by atoms with E-state index in [2.05, 4.69) is 24.1 Å². The zero-order chi connectivity index (χ0) is 13.7. The van der Waals surface area contributed by atoms with E-state index in [1.165, 1.54) is 0 Å². The maximum Gasteiger partial charge on any atom is 0.219 e. The molecule has 19 heavy (non-hydrogen) atoms. The van der Waals surface area contributed by atoms with E-state index in [0.29, 0.717) is 22.7 Å². The fourth-order valence-electron chi connectivity index (χ4n) is 1.59. The molecule has 0 fully saturated rings. The first-order valence-electron chi connectivity index (χ1n) is 6.25. The number of benzene rings is 1. The van der Waals surface area contributed by atoms with Crippen molar-refractivity contribution >= 4 is 11.6 Å². The highest BCUT2D eigenvalue weighted by atomic mass is 35.5. The van der Waals surface area contributed by atoms with Crippen molar-refractivity contribution in [2.24, 2.45) is 0 Å². The van der Waals surface area contributed by atoms with Gasteiger partial charge in [-0.1, -0.05) is 31.5 Å². The van der Waals surface area contributed by atoms with Crippen molar-refractivity contribution in [2.75, 3.05) is 0 Å². The van der Waals surface area contributed by atoms with Crippen LogP contribution in [0.25, 0.3) is 0 Å². The maximum atomic E-state index is 5.92. The normalized spacial score (nSPS) is 10.7. The third-order valence-electron chi connectivity index (χ3n) is 2.53. The number of rotatable bonds is 5. The Morgan fingerprint density at radius 1 is 1.26 bits per heavy atom. The molecule has 2 rings (SSSR count). The summed E-state index contributed by atoms with van der Waals surface area (Å²) >= 11 is 5.92. The Morgan fingerprint density at radius 3 is 2.84 bits per heavy atom. The van der Waals surface area contributed by atoms with Gasteiger partial charge in [0.05, 0.1) is 0 Å². The minimum atomic E-state index is 0.450. The second-order valence-corrected chi connectivity index (χ2v) is 5.03. The number of halogens is 1. The molecule has 0 saturated heterocycles. The van der Waals surface area contributed by atoms with Crippen LogP contribution in [-0.4, -0.2) is 11.0 Å². The topological polar surface area (TPSA) is 34.2 Å². The van der Waals surface area contributed by atoms with Crippen LogP contribution in [0.1, 0.15) is 19.4 Å². The van der Waals surface area contributed by atoms with Crippen molar-refractivity contribution in [3.63, 3.8) is 0 Å². The van der Waals surface area contributed by atoms with Gasteiger partial charge in [0.25, 0.3) is 0 Å². The maximum absolute atomic E-state index is 5.92. The Kier molecular flexibility index (Phi) is 4.77. The Morgan fingerprint density at radius 2 is 2.11 bits per heavy atom. The number of hydrogen-bond acceptors (Lipinski definition) is 3. The molecule has 0 saturated carbocycles. The van der Waals surface area contributed by atoms with Crippen LogP contribution in [0, 0.1) is 0 Å². The van der Waals surface area contributed by atoms with Crippen LogP contribution >= 0.6 is 11.6 Å². The first-order valence-corrected chi connectivity index (χ1v) is 6.63. The van der Waals surface area contributed by atoms with Gasteiger partial charge >= 0.3 is 0 Å². The fraction of sp³-hybridized carbons (Fsp3) is 0.267. The van der Waals surface area contributed by atoms with Crippen LogP contribution in [0.5, 0.6) is 11.6 Å². The number of aromatic nitrogens is 1. The van der Waals surface area contributed by atoms with E-state index in [-0.39, 0.29) is 0 Å². The second kappa shape index (κ2) is 6.55. The monoisotopic (exact) mass is 276 g/mol. The predicted molar refractivity (Wildman–Crippen MR) is 77.7 cm³/mol. The molecule has 2 aromatic rings. The lowest BCUT2D eigenvalue weighted by Gasteiger charge is -2.09. The van der Waals surface area contributed by atoms with Gasteiger partial charge in [0, 0.05) is 29.9 Å². The molecular weight excluding hydrogens is 260 g/mol. The Bertz CT molecular complexity index is 543. The summed E-state index contributed by atoms with van der Waals surface area (Å²) in [6.07, 6.45) is 1.75. The second-order valence-electron chi connectivity index (χ2n) is 4.60. The average molecular weight is 277 g/mol. The van der Waals surface area contributed by atoms with Gasteiger partial charge in [-0.3, -0.25) is 0 Å². The highest BCUT2D eigenvalue weighted by Crippen LogP contribution is 2.23. The molecule has 0 atom stereocenters. The van der Waals surface area contributed by atoms with Crippen molar-refractivity contribution in [1.82, 2.24) is 10.3 Å². The largest absolute Gasteiger partial charge is 0.439 e. The van der Waals surface area contributed by atoms with Gasteiger partial charge in [-0.15, -0.1) is 0 Å². The lowest BCUT2D eigenvalue weighted by atomic mass is 10.2. The molecule has 0 unspecified atom stereocenters. The zero-order valence-electron chi connectivity index (χ0n) is 11.1. The van der Waals surface area contributed by atoms with Gasteiger partial charge in [0.15, 0.2) is 0 Å². The van der Waals surface area contributed by atoms with Gasteiger partial charge in [0.1, 0.15) is 5.75 Å². The molecule has 0 aliphatic rings. The van der Waals surface area contributed by atoms with Crippen LogP contribution < -0.4 is 10.1 Å². The summed E-state index contributed by atoms with van der Waals surface area (Å²) in [7, 11) is 0. The van der Waals surface area contributed by atoms with E-state index < -0.39 is 0 Å². The van der Waals surface area contributed by atoms with Gasteiger partial charge in [-0.05, 0) is 29.8 Å². The highest BCUT2D eigenvalue weighted by molar-refractivity contribution is 6.30. The molecule has 0 amide bonds. The van der Waals surface area contributed by atoms with Crippen LogP contribution in [-0.2, 0) is 6.54 Å². The summed E-state index contributed by atoms with van der Waals surface area (Å²) in [6, 6.07) is 11.6. The number of pyridine rings is 1. The highest BCUT2D eigenvalue weighted by Gasteiger charge is 2.02. The molecule has 4 heteroatoms. The quantitative estimate of drug-likeness (QED) is 0.895. The van der Waals surface area contributed by atoms with E-state index in [1.807, 2.05) is 30.3 Å². The molecule has 0 aliphatic carbocycles. The smallest absolute Gasteiger partial charge is 0.219 e. The molecule has 0 spiro atoms. The standard InChI is InChI=1S/C15H17ClN2O/c1-11(2)18-10-12-6-7-17-15(8-12)19-14-5-3-4-13(16)9-14/h3-9,11,18H,10H2,1-2H3. The van der Waals surface area contributed by atoms with Crippen molar-refractivity contribution in [3.05, 3.63) is 53.2 Å². The zero-order valence-corrected chi connectivity index (χ0v) is 11.8. The average Bonchev–Trinajstić information content (AvgIpc) is 2.37. The molecule has 0 aliphatic heterocycles. The predicted octanol–water partition coefficient (Wildman–Crippen LogP) is 4.03. The summed E-state index contributed by atoms with van der Waals surface area (Å²) in [5, 5.41) is 4.01. The molecule has 0 bridgehead atoms. The summed E-state index contributed by atoms with van der Waals surface area (Å²) in [4.78, 5) is 4.20. The molecule has 1 aromatic heterocycles. The van der Waals surface area contributed by atoms with Crippen LogP contribution in [0.2, 0.25) is 5.02 Å². The van der Waals surface area contributed by atoms with Gasteiger partial charge in [-0.25, -0.2) is 4.98 Å². The van der Waals surface area contributed by atoms with Crippen LogP contribution in [0.3, 0.4) is 0 Å². The van der Waals surface area contributed by atoms with Crippen molar-refractivity contribution < 1.29 is 4.74 Å². The van der Waals surface area contributed by atoms with Crippen molar-refractivity contribution in [2.45, 2.75) is 26.4 Å². The van der Waals surface area contributed by atoms with E-state index in [1.54, 1.807) is 12.3 Å². The number of hydrogen-bond donors (Lipinski definition) is 1. The minimum absolute atomic E-state index is 0.450. The van der Waals surface area contributed by atoms with Crippen LogP contribution in [0.4, 0.5) is 0 Å². The van der Waals surface area contributed by atoms with E-state index in [9.17, 15) is 0 Å². The first-order chi connectivity index (χ1) is 9.13. The van der Waals surface area contributed by atoms with Gasteiger partial charge < -0.3 is 10.1 Å². The molecule has 3 nitrogen and oxygen atoms in total. The summed E-state index contributed by atoms with van der Waals surface area (Å²) in [6.45, 7) is 5.03. The SMILES string of the molecule is CC(C)NCc1ccnc(Oc2cccc(Cl)c2)c1. The number of ether oxygens (including phenoxy) is 1. The van der Waals surface area contributed by atoms with Crippen LogP contribution in [0.15, 0.2) is 42.6 Å². The third-order valence-corrected chi connectivity index (χ3v) is 2.77. The molecule has 1 N–H and O–H groups in total. The fourth-order valence-corrected chi connectivity index (χ4v) is 1.77. The lowest BCUT2D eigenvalue weighted by molar-refractivity contribution is 0.461. The number of nitrogens with one attached hydrogen (secondary N) is 1. The third kappa shape index (κ3) is 4.54. The summed E-state index contributed by atoms with van der Waals surface area (Å²) in [5.41, 5.74) is 1.14. The number of nitrogens with zero attached hydrogens (tertiary/aromatic N) is 1. The van der Waals surface area contributed by atoms with Gasteiger partial charge in [-0.2, -0.15) is 0 Å². The Labute approximate surface area is 118 Å². The van der Waals surface area contributed by atoms with Crippen molar-refractivity contribution in [3.8, 4) is 11.6 Å². The van der Waals surface area contributed by atoms with E-state index in [0.717, 1.165) is 12.1 Å². The Balaban J connectivity index is 2.06. The lowest BCUT2D eigenvalue weighted by Crippen LogP contribution is -2.21. The van der Waals surface area contributed by atoms with E-state index >= 15 is 0 Å². The molecule has 1 aromatic carbocycles. The van der Waals surface area contributed by atoms with Gasteiger partial charge in [0.2, 0.25) is 5.88 Å². The van der Waals surface area contributed by atoms with E-state index in [4.69, 9.17) is 16.3 Å². The van der Waals surface area contributed by atoms with Crippen molar-refractivity contribution in [1.29, 1.82) is 0 Å². The molecule has 100 valence electrons. The molecular formula is C15H17ClN2O. The first kappa shape index (κ1) is 13.8. The molecule has 0 radical (unpaired) electrons. The summed E-state index contributed by atoms with van der Waals surface area (Å²) < 4.78 is 5.68. The molecule has 1 heterocycles. The Hall–Kier alpha value is -1.58.